The highest BCUT2D eigenvalue weighted by Crippen LogP contribution is 2.16. The molecule has 0 radical (unpaired) electrons. The molecule has 130 valence electrons. The molecule has 0 saturated carbocycles. The lowest BCUT2D eigenvalue weighted by Gasteiger charge is -2.16. The number of halogens is 1. The highest BCUT2D eigenvalue weighted by Gasteiger charge is 2.14. The average Bonchev–Trinajstić information content (AvgIpc) is 2.81. The Balaban J connectivity index is 1.96. The van der Waals surface area contributed by atoms with Gasteiger partial charge in [0.25, 0.3) is 0 Å². The molecule has 2 N–H and O–H groups in total. The molecule has 24 heavy (non-hydrogen) atoms. The van der Waals surface area contributed by atoms with Gasteiger partial charge in [-0.05, 0) is 51.8 Å². The Bertz CT molecular complexity index is 739. The molecule has 0 spiro atoms. The van der Waals surface area contributed by atoms with E-state index in [0.717, 1.165) is 29.1 Å². The number of aromatic nitrogens is 2. The Morgan fingerprint density at radius 3 is 2.62 bits per heavy atom. The summed E-state index contributed by atoms with van der Waals surface area (Å²) in [7, 11) is 0. The van der Waals surface area contributed by atoms with Gasteiger partial charge in [0.2, 0.25) is 0 Å². The summed E-state index contributed by atoms with van der Waals surface area (Å²) in [6, 6.07) is 4.40. The smallest absolute Gasteiger partial charge is 0.315 e. The van der Waals surface area contributed by atoms with Crippen molar-refractivity contribution in [1.82, 2.24) is 20.4 Å². The maximum absolute atomic E-state index is 13.3. The molecule has 0 fully saturated rings. The maximum Gasteiger partial charge on any atom is 0.315 e. The van der Waals surface area contributed by atoms with Crippen molar-refractivity contribution in [3.8, 4) is 0 Å². The third-order valence-electron chi connectivity index (χ3n) is 4.29. The minimum absolute atomic E-state index is 0.204. The van der Waals surface area contributed by atoms with Gasteiger partial charge < -0.3 is 10.6 Å². The number of nitrogens with zero attached hydrogens (tertiary/aromatic N) is 2. The summed E-state index contributed by atoms with van der Waals surface area (Å²) in [6.45, 7) is 10.8. The Labute approximate surface area is 142 Å². The standard InChI is InChI=1S/C18H25FN4O/c1-6-23-14(5)16(13(4)22-23)10-20-18(24)21-12(3)15-7-8-17(19)11(2)9-15/h7-9,12H,6,10H2,1-5H3,(H2,20,21,24)/t12-/m1/s1. The molecule has 0 bridgehead atoms. The fourth-order valence-electron chi connectivity index (χ4n) is 2.73. The van der Waals surface area contributed by atoms with Crippen molar-refractivity contribution in [3.05, 3.63) is 52.1 Å². The van der Waals surface area contributed by atoms with Crippen LogP contribution in [0.5, 0.6) is 0 Å². The van der Waals surface area contributed by atoms with Gasteiger partial charge in [-0.2, -0.15) is 5.10 Å². The van der Waals surface area contributed by atoms with Crippen LogP contribution >= 0.6 is 0 Å². The van der Waals surface area contributed by atoms with E-state index in [-0.39, 0.29) is 17.9 Å². The van der Waals surface area contributed by atoms with Gasteiger partial charge >= 0.3 is 6.03 Å². The van der Waals surface area contributed by atoms with Crippen molar-refractivity contribution in [1.29, 1.82) is 0 Å². The van der Waals surface area contributed by atoms with Crippen LogP contribution in [0.2, 0.25) is 0 Å². The zero-order valence-corrected chi connectivity index (χ0v) is 14.9. The molecule has 2 aromatic rings. The summed E-state index contributed by atoms with van der Waals surface area (Å²) in [4.78, 5) is 12.1. The summed E-state index contributed by atoms with van der Waals surface area (Å²) in [5.41, 5.74) is 4.47. The number of rotatable bonds is 5. The van der Waals surface area contributed by atoms with Crippen molar-refractivity contribution < 1.29 is 9.18 Å². The van der Waals surface area contributed by atoms with E-state index in [1.54, 1.807) is 19.1 Å². The second kappa shape index (κ2) is 7.47. The summed E-state index contributed by atoms with van der Waals surface area (Å²) >= 11 is 0. The first-order chi connectivity index (χ1) is 11.3. The summed E-state index contributed by atoms with van der Waals surface area (Å²) < 4.78 is 15.3. The Morgan fingerprint density at radius 1 is 1.33 bits per heavy atom. The number of amides is 2. The van der Waals surface area contributed by atoms with Gasteiger partial charge in [-0.15, -0.1) is 0 Å². The quantitative estimate of drug-likeness (QED) is 0.880. The van der Waals surface area contributed by atoms with E-state index >= 15 is 0 Å². The van der Waals surface area contributed by atoms with Gasteiger partial charge in [0.1, 0.15) is 5.82 Å². The van der Waals surface area contributed by atoms with Crippen LogP contribution < -0.4 is 10.6 Å². The zero-order valence-electron chi connectivity index (χ0n) is 14.9. The van der Waals surface area contributed by atoms with Crippen molar-refractivity contribution in [3.63, 3.8) is 0 Å². The fourth-order valence-corrected chi connectivity index (χ4v) is 2.73. The predicted molar refractivity (Wildman–Crippen MR) is 92.3 cm³/mol. The molecule has 5 nitrogen and oxygen atoms in total. The van der Waals surface area contributed by atoms with Crippen LogP contribution in [0.15, 0.2) is 18.2 Å². The highest BCUT2D eigenvalue weighted by molar-refractivity contribution is 5.74. The van der Waals surface area contributed by atoms with E-state index in [1.165, 1.54) is 6.07 Å². The largest absolute Gasteiger partial charge is 0.334 e. The van der Waals surface area contributed by atoms with Crippen molar-refractivity contribution in [2.45, 2.75) is 53.8 Å². The fraction of sp³-hybridized carbons (Fsp3) is 0.444. The topological polar surface area (TPSA) is 59.0 Å². The maximum atomic E-state index is 13.3. The minimum Gasteiger partial charge on any atom is -0.334 e. The number of benzene rings is 1. The molecule has 0 saturated heterocycles. The van der Waals surface area contributed by atoms with Gasteiger partial charge in [-0.25, -0.2) is 9.18 Å². The molecule has 1 aromatic heterocycles. The number of nitrogens with one attached hydrogen (secondary N) is 2. The number of aryl methyl sites for hydroxylation is 3. The summed E-state index contributed by atoms with van der Waals surface area (Å²) in [5.74, 6) is -0.241. The lowest BCUT2D eigenvalue weighted by Crippen LogP contribution is -2.36. The van der Waals surface area contributed by atoms with Gasteiger partial charge in [-0.1, -0.05) is 12.1 Å². The van der Waals surface area contributed by atoms with Crippen LogP contribution in [-0.4, -0.2) is 15.8 Å². The molecular formula is C18H25FN4O. The second-order valence-electron chi connectivity index (χ2n) is 6.02. The van der Waals surface area contributed by atoms with Crippen LogP contribution in [0.1, 0.15) is 48.0 Å². The van der Waals surface area contributed by atoms with E-state index in [1.807, 2.05) is 32.4 Å². The number of carbonyl (C=O) groups is 1. The number of urea groups is 1. The molecule has 0 unspecified atom stereocenters. The van der Waals surface area contributed by atoms with Crippen molar-refractivity contribution in [2.75, 3.05) is 0 Å². The van der Waals surface area contributed by atoms with Crippen LogP contribution in [0.4, 0.5) is 9.18 Å². The van der Waals surface area contributed by atoms with Gasteiger partial charge in [0.15, 0.2) is 0 Å². The molecule has 0 aliphatic rings. The molecule has 1 aromatic carbocycles. The first-order valence-corrected chi connectivity index (χ1v) is 8.16. The number of hydrogen-bond acceptors (Lipinski definition) is 2. The molecule has 2 amide bonds. The van der Waals surface area contributed by atoms with Crippen LogP contribution in [0.3, 0.4) is 0 Å². The van der Waals surface area contributed by atoms with E-state index in [9.17, 15) is 9.18 Å². The van der Waals surface area contributed by atoms with E-state index in [4.69, 9.17) is 0 Å². The van der Waals surface area contributed by atoms with Crippen molar-refractivity contribution in [2.24, 2.45) is 0 Å². The molecule has 1 heterocycles. The summed E-state index contributed by atoms with van der Waals surface area (Å²) in [5, 5.41) is 10.2. The van der Waals surface area contributed by atoms with Crippen LogP contribution in [0.25, 0.3) is 0 Å². The predicted octanol–water partition coefficient (Wildman–Crippen LogP) is 3.53. The Kier molecular flexibility index (Phi) is 5.59. The lowest BCUT2D eigenvalue weighted by molar-refractivity contribution is 0.237. The zero-order chi connectivity index (χ0) is 17.9. The Hall–Kier alpha value is -2.37. The van der Waals surface area contributed by atoms with E-state index < -0.39 is 0 Å². The summed E-state index contributed by atoms with van der Waals surface area (Å²) in [6.07, 6.45) is 0. The second-order valence-corrected chi connectivity index (χ2v) is 6.02. The molecule has 1 atom stereocenters. The average molecular weight is 332 g/mol. The van der Waals surface area contributed by atoms with Gasteiger partial charge in [-0.3, -0.25) is 4.68 Å². The molecular weight excluding hydrogens is 307 g/mol. The molecule has 2 rings (SSSR count). The van der Waals surface area contributed by atoms with E-state index in [2.05, 4.69) is 15.7 Å². The third-order valence-corrected chi connectivity index (χ3v) is 4.29. The molecule has 6 heteroatoms. The third kappa shape index (κ3) is 3.93. The molecule has 0 aliphatic carbocycles. The first kappa shape index (κ1) is 18.0. The van der Waals surface area contributed by atoms with E-state index in [0.29, 0.717) is 12.1 Å². The first-order valence-electron chi connectivity index (χ1n) is 8.16. The SMILES string of the molecule is CCn1nc(C)c(CNC(=O)N[C@H](C)c2ccc(F)c(C)c2)c1C. The van der Waals surface area contributed by atoms with Crippen LogP contribution in [0, 0.1) is 26.6 Å². The van der Waals surface area contributed by atoms with Crippen LogP contribution in [-0.2, 0) is 13.1 Å². The van der Waals surface area contributed by atoms with Gasteiger partial charge in [0, 0.05) is 24.3 Å². The number of hydrogen-bond donors (Lipinski definition) is 2. The molecule has 0 aliphatic heterocycles. The van der Waals surface area contributed by atoms with Gasteiger partial charge in [0.05, 0.1) is 11.7 Å². The minimum atomic E-state index is -0.257. The normalized spacial score (nSPS) is 12.1. The lowest BCUT2D eigenvalue weighted by atomic mass is 10.1. The highest BCUT2D eigenvalue weighted by atomic mass is 19.1. The Morgan fingerprint density at radius 2 is 2.04 bits per heavy atom. The van der Waals surface area contributed by atoms with Crippen molar-refractivity contribution >= 4 is 6.03 Å². The monoisotopic (exact) mass is 332 g/mol. The number of carbonyl (C=O) groups excluding carboxylic acids is 1.